The number of ether oxygens (including phenoxy) is 1. The third-order valence-corrected chi connectivity index (χ3v) is 8.76. The van der Waals surface area contributed by atoms with Crippen LogP contribution >= 0.6 is 0 Å². The Bertz CT molecular complexity index is 656. The summed E-state index contributed by atoms with van der Waals surface area (Å²) in [7, 11) is -10.3. The average Bonchev–Trinajstić information content (AvgIpc) is 2.45. The predicted molar refractivity (Wildman–Crippen MR) is 147 cm³/mol. The number of hydrogen-bond donors (Lipinski definition) is 0. The molecular formula is C21H50O7Si5. The number of carbonyl (C=O) groups excluding carboxylic acids is 1. The molecule has 1 aliphatic heterocycles. The van der Waals surface area contributed by atoms with E-state index in [9.17, 15) is 4.79 Å². The molecule has 196 valence electrons. The summed E-state index contributed by atoms with van der Waals surface area (Å²) in [5, 5.41) is 0. The molecule has 0 radical (unpaired) electrons. The van der Waals surface area contributed by atoms with Crippen LogP contribution in [0.3, 0.4) is 0 Å². The molecule has 0 spiro atoms. The van der Waals surface area contributed by atoms with Gasteiger partial charge in [0.2, 0.25) is 8.32 Å². The van der Waals surface area contributed by atoms with Crippen molar-refractivity contribution >= 4 is 47.6 Å². The van der Waals surface area contributed by atoms with Crippen LogP contribution in [0.25, 0.3) is 0 Å². The van der Waals surface area contributed by atoms with Gasteiger partial charge in [0.1, 0.15) is 18.3 Å². The molecular weight excluding hydrogens is 505 g/mol. The summed E-state index contributed by atoms with van der Waals surface area (Å²) in [5.74, 6) is -0.391. The summed E-state index contributed by atoms with van der Waals surface area (Å²) in [4.78, 5) is 13.4. The van der Waals surface area contributed by atoms with E-state index in [0.29, 0.717) is 0 Å². The quantitative estimate of drug-likeness (QED) is 0.325. The molecule has 1 saturated heterocycles. The first kappa shape index (κ1) is 31.4. The summed E-state index contributed by atoms with van der Waals surface area (Å²) in [5.41, 5.74) is 0. The monoisotopic (exact) mass is 554 g/mol. The minimum Gasteiger partial charge on any atom is -0.518 e. The molecule has 1 rings (SSSR count). The van der Waals surface area contributed by atoms with Crippen molar-refractivity contribution in [1.29, 1.82) is 0 Å². The van der Waals surface area contributed by atoms with E-state index >= 15 is 0 Å². The average molecular weight is 555 g/mol. The van der Waals surface area contributed by atoms with Crippen molar-refractivity contribution in [2.45, 2.75) is 129 Å². The lowest BCUT2D eigenvalue weighted by Gasteiger charge is -2.51. The highest BCUT2D eigenvalue weighted by Gasteiger charge is 2.55. The lowest BCUT2D eigenvalue weighted by Crippen LogP contribution is -2.68. The van der Waals surface area contributed by atoms with Crippen LogP contribution in [0.4, 0.5) is 0 Å². The summed E-state index contributed by atoms with van der Waals surface area (Å²) in [6.45, 7) is 31.5. The van der Waals surface area contributed by atoms with Gasteiger partial charge in [0.15, 0.2) is 45.7 Å². The zero-order valence-corrected chi connectivity index (χ0v) is 28.7. The molecule has 5 unspecified atom stereocenters. The first-order valence-corrected chi connectivity index (χ1v) is 29.0. The second-order valence-corrected chi connectivity index (χ2v) is 36.0. The smallest absolute Gasteiger partial charge is 0.324 e. The fourth-order valence-corrected chi connectivity index (χ4v) is 8.24. The summed E-state index contributed by atoms with van der Waals surface area (Å²) in [6, 6.07) is 0. The fraction of sp³-hybridized carbons (Fsp3) is 0.952. The van der Waals surface area contributed by atoms with E-state index in [2.05, 4.69) is 78.6 Å². The van der Waals surface area contributed by atoms with E-state index in [1.165, 1.54) is 0 Å². The molecule has 0 aliphatic carbocycles. The van der Waals surface area contributed by atoms with Crippen LogP contribution in [-0.4, -0.2) is 78.3 Å². The maximum absolute atomic E-state index is 13.4. The minimum absolute atomic E-state index is 0.391. The summed E-state index contributed by atoms with van der Waals surface area (Å²) < 4.78 is 38.8. The highest BCUT2D eigenvalue weighted by Crippen LogP contribution is 2.35. The minimum atomic E-state index is -2.15. The summed E-state index contributed by atoms with van der Waals surface area (Å²) in [6.07, 6.45) is -3.22. The van der Waals surface area contributed by atoms with Gasteiger partial charge in [0.25, 0.3) is 0 Å². The van der Waals surface area contributed by atoms with Crippen molar-refractivity contribution in [3.05, 3.63) is 0 Å². The van der Waals surface area contributed by atoms with Crippen molar-refractivity contribution in [1.82, 2.24) is 0 Å². The molecule has 0 bridgehead atoms. The van der Waals surface area contributed by atoms with Crippen LogP contribution in [0.2, 0.25) is 98.2 Å². The zero-order chi connectivity index (χ0) is 26.2. The molecule has 5 atom stereocenters. The molecule has 0 N–H and O–H groups in total. The SMILES string of the molecule is C[Si](C)(C)OC(=O)C1OC(O[Si](C)(C)C)C(O[Si](C)(C)C)C(O[Si](C)(C)C)C1O[Si](C)(C)C. The molecule has 1 aliphatic rings. The Morgan fingerprint density at radius 1 is 0.515 bits per heavy atom. The van der Waals surface area contributed by atoms with Gasteiger partial charge in [-0.1, -0.05) is 0 Å². The first-order chi connectivity index (χ1) is 14.4. The van der Waals surface area contributed by atoms with Gasteiger partial charge in [-0.05, 0) is 98.2 Å². The van der Waals surface area contributed by atoms with Gasteiger partial charge < -0.3 is 26.9 Å². The van der Waals surface area contributed by atoms with Gasteiger partial charge in [-0.15, -0.1) is 0 Å². The van der Waals surface area contributed by atoms with E-state index in [0.717, 1.165) is 0 Å². The maximum atomic E-state index is 13.4. The Morgan fingerprint density at radius 3 is 1.24 bits per heavy atom. The lowest BCUT2D eigenvalue weighted by molar-refractivity contribution is -0.262. The topological polar surface area (TPSA) is 72.5 Å². The Balaban J connectivity index is 3.62. The summed E-state index contributed by atoms with van der Waals surface area (Å²) >= 11 is 0. The predicted octanol–water partition coefficient (Wildman–Crippen LogP) is 5.60. The van der Waals surface area contributed by atoms with E-state index in [4.69, 9.17) is 26.9 Å². The Hall–Kier alpha value is 0.354. The van der Waals surface area contributed by atoms with Gasteiger partial charge in [0.05, 0.1) is 0 Å². The van der Waals surface area contributed by atoms with E-state index in [1.54, 1.807) is 0 Å². The molecule has 0 amide bonds. The molecule has 33 heavy (non-hydrogen) atoms. The molecule has 12 heteroatoms. The maximum Gasteiger partial charge on any atom is 0.324 e. The van der Waals surface area contributed by atoms with Crippen molar-refractivity contribution < 1.29 is 31.7 Å². The normalized spacial score (nSPS) is 28.0. The Labute approximate surface area is 207 Å². The molecule has 7 nitrogen and oxygen atoms in total. The highest BCUT2D eigenvalue weighted by molar-refractivity contribution is 6.72. The van der Waals surface area contributed by atoms with Crippen LogP contribution < -0.4 is 0 Å². The largest absolute Gasteiger partial charge is 0.518 e. The van der Waals surface area contributed by atoms with Gasteiger partial charge in [-0.2, -0.15) is 0 Å². The second-order valence-electron chi connectivity index (χ2n) is 13.8. The van der Waals surface area contributed by atoms with Crippen molar-refractivity contribution in [2.24, 2.45) is 0 Å². The van der Waals surface area contributed by atoms with Gasteiger partial charge in [-0.25, -0.2) is 0 Å². The van der Waals surface area contributed by atoms with E-state index in [1.807, 2.05) is 19.6 Å². The van der Waals surface area contributed by atoms with Crippen LogP contribution in [-0.2, 0) is 31.7 Å². The van der Waals surface area contributed by atoms with Crippen LogP contribution in [0.1, 0.15) is 0 Å². The van der Waals surface area contributed by atoms with Crippen LogP contribution in [0.5, 0.6) is 0 Å². The number of rotatable bonds is 10. The Kier molecular flexibility index (Phi) is 10.2. The van der Waals surface area contributed by atoms with Gasteiger partial charge >= 0.3 is 5.97 Å². The van der Waals surface area contributed by atoms with Gasteiger partial charge in [-0.3, -0.25) is 4.79 Å². The Morgan fingerprint density at radius 2 is 0.879 bits per heavy atom. The lowest BCUT2D eigenvalue weighted by atomic mass is 9.99. The van der Waals surface area contributed by atoms with Crippen LogP contribution in [0.15, 0.2) is 0 Å². The van der Waals surface area contributed by atoms with E-state index < -0.39 is 78.3 Å². The second kappa shape index (κ2) is 10.8. The molecule has 0 aromatic carbocycles. The highest BCUT2D eigenvalue weighted by atomic mass is 28.4. The van der Waals surface area contributed by atoms with E-state index in [-0.39, 0.29) is 0 Å². The van der Waals surface area contributed by atoms with Crippen molar-refractivity contribution in [3.63, 3.8) is 0 Å². The molecule has 1 fully saturated rings. The van der Waals surface area contributed by atoms with Crippen molar-refractivity contribution in [3.8, 4) is 0 Å². The number of carbonyl (C=O) groups is 1. The number of hydrogen-bond acceptors (Lipinski definition) is 7. The molecule has 0 aromatic rings. The first-order valence-electron chi connectivity index (χ1n) is 12.0. The third-order valence-electron chi connectivity index (χ3n) is 4.07. The van der Waals surface area contributed by atoms with Crippen LogP contribution in [0, 0.1) is 0 Å². The zero-order valence-electron chi connectivity index (χ0n) is 23.7. The van der Waals surface area contributed by atoms with Crippen molar-refractivity contribution in [2.75, 3.05) is 0 Å². The fourth-order valence-electron chi connectivity index (χ4n) is 3.42. The third kappa shape index (κ3) is 12.2. The van der Waals surface area contributed by atoms with Gasteiger partial charge in [0, 0.05) is 0 Å². The molecule has 0 saturated carbocycles. The standard InChI is InChI=1S/C21H50O7Si5/c1-29(2,3)24-16-17(25-30(4,5)6)19(26-31(7,8)9)21(28-33(13,14)15)23-18(16)20(22)27-32(10,11)12/h16-19,21H,1-15H3. The molecule has 0 aromatic heterocycles. The molecule has 1 heterocycles.